The zero-order valence-electron chi connectivity index (χ0n) is 5.48. The number of thiol groups is 1. The lowest BCUT2D eigenvalue weighted by molar-refractivity contribution is 0.646. The van der Waals surface area contributed by atoms with Gasteiger partial charge in [0.05, 0.1) is 0 Å². The van der Waals surface area contributed by atoms with E-state index in [9.17, 15) is 0 Å². The van der Waals surface area contributed by atoms with E-state index in [2.05, 4.69) is 6.92 Å². The molecule has 0 saturated heterocycles. The highest BCUT2D eigenvalue weighted by molar-refractivity contribution is 8.00. The lowest BCUT2D eigenvalue weighted by Crippen LogP contribution is -2.14. The Bertz CT molecular complexity index is 90.4. The Hall–Kier alpha value is 0.470. The minimum absolute atomic E-state index is 0.910. The van der Waals surface area contributed by atoms with Crippen molar-refractivity contribution in [2.75, 3.05) is 19.8 Å². The second kappa shape index (κ2) is 4.36. The Morgan fingerprint density at radius 3 is 2.25 bits per heavy atom. The first kappa shape index (κ1) is 8.47. The molecule has 0 aliphatic carbocycles. The van der Waals surface area contributed by atoms with Crippen molar-refractivity contribution >= 4 is 27.4 Å². The molecular formula is C5H12ClNS. The van der Waals surface area contributed by atoms with Gasteiger partial charge in [-0.15, -0.1) is 0 Å². The van der Waals surface area contributed by atoms with Crippen LogP contribution in [0.2, 0.25) is 0 Å². The Morgan fingerprint density at radius 1 is 1.62 bits per heavy atom. The van der Waals surface area contributed by atoms with Crippen LogP contribution in [0.25, 0.3) is 0 Å². The maximum absolute atomic E-state index is 5.75. The van der Waals surface area contributed by atoms with Crippen LogP contribution >= 0.6 is 23.0 Å². The fourth-order valence-corrected chi connectivity index (χ4v) is 1.17. The van der Waals surface area contributed by atoms with Crippen molar-refractivity contribution in [3.8, 4) is 0 Å². The molecule has 0 aromatic carbocycles. The van der Waals surface area contributed by atoms with E-state index in [1.165, 1.54) is 11.4 Å². The maximum atomic E-state index is 5.75. The van der Waals surface area contributed by atoms with Crippen molar-refractivity contribution in [1.82, 2.24) is 4.90 Å². The van der Waals surface area contributed by atoms with Crippen molar-refractivity contribution in [2.45, 2.75) is 6.92 Å². The summed E-state index contributed by atoms with van der Waals surface area (Å²) in [5.41, 5.74) is 0. The van der Waals surface area contributed by atoms with E-state index in [4.69, 9.17) is 11.6 Å². The first-order valence-electron chi connectivity index (χ1n) is 2.55. The second-order valence-electron chi connectivity index (χ2n) is 1.64. The molecule has 0 aromatic heterocycles. The molecule has 8 heavy (non-hydrogen) atoms. The van der Waals surface area contributed by atoms with Crippen molar-refractivity contribution in [2.24, 2.45) is 0 Å². The minimum atomic E-state index is 0.910. The molecule has 0 aromatic rings. The molecule has 0 amide bonds. The van der Waals surface area contributed by atoms with Crippen LogP contribution in [0.5, 0.6) is 0 Å². The molecule has 50 valence electrons. The van der Waals surface area contributed by atoms with Gasteiger partial charge >= 0.3 is 0 Å². The quantitative estimate of drug-likeness (QED) is 0.258. The summed E-state index contributed by atoms with van der Waals surface area (Å²) < 4.78 is 0.910. The van der Waals surface area contributed by atoms with Crippen LogP contribution < -0.4 is 0 Å². The zero-order chi connectivity index (χ0) is 6.57. The zero-order valence-corrected chi connectivity index (χ0v) is 7.13. The second-order valence-corrected chi connectivity index (χ2v) is 3.63. The van der Waals surface area contributed by atoms with E-state index in [-0.39, 0.29) is 0 Å². The topological polar surface area (TPSA) is 3.24 Å². The number of hydrogen-bond donors (Lipinski definition) is 1. The van der Waals surface area contributed by atoms with Gasteiger partial charge in [-0.05, 0) is 19.8 Å². The van der Waals surface area contributed by atoms with Gasteiger partial charge in [0, 0.05) is 0 Å². The van der Waals surface area contributed by atoms with Crippen molar-refractivity contribution in [3.05, 3.63) is 0 Å². The third kappa shape index (κ3) is 3.47. The maximum Gasteiger partial charge on any atom is 0.106 e. The summed E-state index contributed by atoms with van der Waals surface area (Å²) in [6.07, 6.45) is 0. The number of hydrogen-bond acceptors (Lipinski definition) is 0. The number of rotatable bonds is 1. The SMILES string of the molecule is CC[SH]=C(Cl)N(C)C. The van der Waals surface area contributed by atoms with Gasteiger partial charge < -0.3 is 0 Å². The van der Waals surface area contributed by atoms with Crippen molar-refractivity contribution < 1.29 is 0 Å². The molecule has 0 atom stereocenters. The van der Waals surface area contributed by atoms with E-state index in [0.29, 0.717) is 0 Å². The molecule has 0 spiro atoms. The lowest BCUT2D eigenvalue weighted by atomic mass is 11.0. The molecule has 0 fully saturated rings. The fourth-order valence-electron chi connectivity index (χ4n) is 0.272. The van der Waals surface area contributed by atoms with E-state index in [1.54, 1.807) is 0 Å². The average molecular weight is 154 g/mol. The van der Waals surface area contributed by atoms with Gasteiger partial charge in [0.15, 0.2) is 0 Å². The summed E-state index contributed by atoms with van der Waals surface area (Å²) in [4.78, 5) is 1.92. The Morgan fingerprint density at radius 2 is 2.12 bits per heavy atom. The molecule has 0 saturated carbocycles. The third-order valence-electron chi connectivity index (χ3n) is 0.658. The third-order valence-corrected chi connectivity index (χ3v) is 2.33. The van der Waals surface area contributed by atoms with Gasteiger partial charge in [-0.2, -0.15) is 11.4 Å². The van der Waals surface area contributed by atoms with Crippen LogP contribution in [0.4, 0.5) is 0 Å². The van der Waals surface area contributed by atoms with Gasteiger partial charge in [-0.25, -0.2) is 0 Å². The standard InChI is InChI=1S/C5H12ClNS/c1-4-8-5(6)7(2)3/h8H,4H2,1-3H3. The Balaban J connectivity index is 3.61. The number of halogens is 1. The van der Waals surface area contributed by atoms with Crippen molar-refractivity contribution in [3.63, 3.8) is 0 Å². The molecule has 0 heterocycles. The van der Waals surface area contributed by atoms with Gasteiger partial charge in [0.25, 0.3) is 0 Å². The van der Waals surface area contributed by atoms with Crippen LogP contribution in [0.1, 0.15) is 6.92 Å². The summed E-state index contributed by atoms with van der Waals surface area (Å²) >= 11 is 6.96. The summed E-state index contributed by atoms with van der Waals surface area (Å²) in [6.45, 7) is 2.10. The van der Waals surface area contributed by atoms with Gasteiger partial charge in [-0.3, -0.25) is 4.90 Å². The van der Waals surface area contributed by atoms with Crippen LogP contribution in [-0.4, -0.2) is 29.2 Å². The van der Waals surface area contributed by atoms with Crippen LogP contribution in [0, 0.1) is 0 Å². The summed E-state index contributed by atoms with van der Waals surface area (Å²) in [6, 6.07) is 0. The lowest BCUT2D eigenvalue weighted by Gasteiger charge is -2.05. The first-order chi connectivity index (χ1) is 3.68. The van der Waals surface area contributed by atoms with Crippen LogP contribution in [-0.2, 0) is 0 Å². The predicted molar refractivity (Wildman–Crippen MR) is 44.1 cm³/mol. The van der Waals surface area contributed by atoms with Crippen LogP contribution in [0.15, 0.2) is 0 Å². The van der Waals surface area contributed by atoms with Gasteiger partial charge in [0.1, 0.15) is 4.45 Å². The van der Waals surface area contributed by atoms with E-state index < -0.39 is 0 Å². The minimum Gasteiger partial charge on any atom is -0.267 e. The molecule has 0 unspecified atom stereocenters. The highest BCUT2D eigenvalue weighted by atomic mass is 35.5. The van der Waals surface area contributed by atoms with E-state index in [0.717, 1.165) is 10.2 Å². The summed E-state index contributed by atoms with van der Waals surface area (Å²) in [7, 11) is 3.90. The fraction of sp³-hybridized carbons (Fsp3) is 0.800. The highest BCUT2D eigenvalue weighted by Gasteiger charge is 1.90. The van der Waals surface area contributed by atoms with Gasteiger partial charge in [-0.1, -0.05) is 18.5 Å². The smallest absolute Gasteiger partial charge is 0.106 e. The van der Waals surface area contributed by atoms with E-state index in [1.807, 2.05) is 19.0 Å². The molecule has 0 radical (unpaired) electrons. The normalized spacial score (nSPS) is 13.9. The van der Waals surface area contributed by atoms with Crippen LogP contribution in [0.3, 0.4) is 0 Å². The molecule has 0 aliphatic rings. The summed E-state index contributed by atoms with van der Waals surface area (Å²) in [5, 5.41) is 0. The summed E-state index contributed by atoms with van der Waals surface area (Å²) in [5.74, 6) is 1.09. The molecule has 0 N–H and O–H groups in total. The predicted octanol–water partition coefficient (Wildman–Crippen LogP) is 1.36. The molecule has 1 nitrogen and oxygen atoms in total. The molecular weight excluding hydrogens is 142 g/mol. The molecule has 0 aliphatic heterocycles. The largest absolute Gasteiger partial charge is 0.267 e. The first-order valence-corrected chi connectivity index (χ1v) is 4.01. The molecule has 3 heteroatoms. The molecule has 0 rings (SSSR count). The number of nitrogens with zero attached hydrogens (tertiary/aromatic N) is 1. The monoisotopic (exact) mass is 153 g/mol. The Kier molecular flexibility index (Phi) is 4.61. The van der Waals surface area contributed by atoms with Crippen molar-refractivity contribution in [1.29, 1.82) is 0 Å². The Labute approximate surface area is 59.6 Å². The highest BCUT2D eigenvalue weighted by Crippen LogP contribution is 1.97. The average Bonchev–Trinajstić information content (AvgIpc) is 1.67. The van der Waals surface area contributed by atoms with E-state index >= 15 is 0 Å². The molecule has 0 bridgehead atoms. The van der Waals surface area contributed by atoms with Gasteiger partial charge in [0.2, 0.25) is 0 Å².